The molecule has 0 heterocycles. The van der Waals surface area contributed by atoms with E-state index in [2.05, 4.69) is 56.7 Å². The van der Waals surface area contributed by atoms with E-state index in [4.69, 9.17) is 0 Å². The van der Waals surface area contributed by atoms with E-state index in [0.29, 0.717) is 0 Å². The van der Waals surface area contributed by atoms with Gasteiger partial charge in [0.25, 0.3) is 0 Å². The minimum atomic E-state index is 1.06. The van der Waals surface area contributed by atoms with Gasteiger partial charge in [-0.15, -0.1) is 0 Å². The van der Waals surface area contributed by atoms with Gasteiger partial charge in [0.15, 0.2) is 0 Å². The second-order valence-electron chi connectivity index (χ2n) is 3.73. The molecular formula is C14H15. The Morgan fingerprint density at radius 3 is 2.43 bits per heavy atom. The van der Waals surface area contributed by atoms with Crippen molar-refractivity contribution in [1.82, 2.24) is 0 Å². The summed E-state index contributed by atoms with van der Waals surface area (Å²) in [5.41, 5.74) is 5.54. The van der Waals surface area contributed by atoms with Gasteiger partial charge in [-0.1, -0.05) is 42.0 Å². The molecule has 1 radical (unpaired) electrons. The Kier molecular flexibility index (Phi) is 2.53. The van der Waals surface area contributed by atoms with Crippen molar-refractivity contribution < 1.29 is 0 Å². The van der Waals surface area contributed by atoms with Crippen LogP contribution in [0.4, 0.5) is 0 Å². The predicted octanol–water partition coefficient (Wildman–Crippen LogP) is 4.01. The van der Waals surface area contributed by atoms with Gasteiger partial charge in [-0.2, -0.15) is 0 Å². The Hall–Kier alpha value is -1.30. The maximum atomic E-state index is 2.30. The third kappa shape index (κ3) is 1.65. The van der Waals surface area contributed by atoms with Crippen LogP contribution >= 0.6 is 0 Å². The molecule has 0 unspecified atom stereocenters. The standard InChI is InChI=1S/C14H15/c1-11-7-6-10-14(12(11)2)13-8-4-3-5-9-13/h3-5,7-10H,6H2,1-2H3. The molecule has 1 aliphatic carbocycles. The fourth-order valence-electron chi connectivity index (χ4n) is 1.82. The first-order valence-electron chi connectivity index (χ1n) is 5.05. The summed E-state index contributed by atoms with van der Waals surface area (Å²) in [7, 11) is 0. The van der Waals surface area contributed by atoms with Crippen LogP contribution < -0.4 is 0 Å². The van der Waals surface area contributed by atoms with Crippen molar-refractivity contribution in [3.8, 4) is 0 Å². The van der Waals surface area contributed by atoms with Crippen LogP contribution in [0.2, 0.25) is 0 Å². The first-order valence-corrected chi connectivity index (χ1v) is 5.05. The zero-order valence-electron chi connectivity index (χ0n) is 8.75. The molecule has 0 aromatic heterocycles. The fraction of sp³-hybridized carbons (Fsp3) is 0.214. The van der Waals surface area contributed by atoms with Gasteiger partial charge in [-0.25, -0.2) is 0 Å². The molecule has 0 bridgehead atoms. The quantitative estimate of drug-likeness (QED) is 0.617. The topological polar surface area (TPSA) is 0 Å². The molecule has 0 heteroatoms. The van der Waals surface area contributed by atoms with Crippen LogP contribution in [0.3, 0.4) is 0 Å². The van der Waals surface area contributed by atoms with Crippen LogP contribution in [0.25, 0.3) is 5.57 Å². The monoisotopic (exact) mass is 183 g/mol. The van der Waals surface area contributed by atoms with Crippen molar-refractivity contribution >= 4 is 5.57 Å². The van der Waals surface area contributed by atoms with Gasteiger partial charge in [0.2, 0.25) is 0 Å². The lowest BCUT2D eigenvalue weighted by atomic mass is 9.89. The largest absolute Gasteiger partial charge is 0.0758 e. The van der Waals surface area contributed by atoms with E-state index >= 15 is 0 Å². The van der Waals surface area contributed by atoms with Gasteiger partial charge in [0, 0.05) is 0 Å². The van der Waals surface area contributed by atoms with Crippen LogP contribution in [-0.4, -0.2) is 0 Å². The summed E-state index contributed by atoms with van der Waals surface area (Å²) in [6, 6.07) is 10.6. The Morgan fingerprint density at radius 1 is 1.00 bits per heavy atom. The second-order valence-corrected chi connectivity index (χ2v) is 3.73. The summed E-state index contributed by atoms with van der Waals surface area (Å²) in [5.74, 6) is 0. The van der Waals surface area contributed by atoms with Crippen molar-refractivity contribution in [2.45, 2.75) is 20.3 Å². The molecule has 1 aromatic carbocycles. The fourth-order valence-corrected chi connectivity index (χ4v) is 1.82. The van der Waals surface area contributed by atoms with Crippen LogP contribution in [0, 0.1) is 6.42 Å². The van der Waals surface area contributed by atoms with E-state index in [-0.39, 0.29) is 0 Å². The van der Waals surface area contributed by atoms with Crippen LogP contribution in [-0.2, 0) is 0 Å². The van der Waals surface area contributed by atoms with Crippen molar-refractivity contribution in [2.75, 3.05) is 0 Å². The highest BCUT2D eigenvalue weighted by atomic mass is 14.1. The smallest absolute Gasteiger partial charge is 0.00964 e. The van der Waals surface area contributed by atoms with Crippen molar-refractivity contribution in [1.29, 1.82) is 0 Å². The molecule has 0 amide bonds. The predicted molar refractivity (Wildman–Crippen MR) is 61.7 cm³/mol. The molecule has 1 aromatic rings. The zero-order valence-corrected chi connectivity index (χ0v) is 8.75. The first kappa shape index (κ1) is 9.26. The van der Waals surface area contributed by atoms with E-state index in [9.17, 15) is 0 Å². The van der Waals surface area contributed by atoms with E-state index in [1.807, 2.05) is 0 Å². The lowest BCUT2D eigenvalue weighted by Crippen LogP contribution is -1.96. The van der Waals surface area contributed by atoms with Gasteiger partial charge in [-0.05, 0) is 43.4 Å². The first-order chi connectivity index (χ1) is 6.79. The Labute approximate surface area is 86.0 Å². The average Bonchev–Trinajstić information content (AvgIpc) is 2.23. The number of allylic oxidation sites excluding steroid dienone is 4. The van der Waals surface area contributed by atoms with Crippen molar-refractivity contribution in [3.63, 3.8) is 0 Å². The summed E-state index contributed by atoms with van der Waals surface area (Å²) in [6.45, 7) is 4.38. The van der Waals surface area contributed by atoms with Crippen LogP contribution in [0.5, 0.6) is 0 Å². The minimum absolute atomic E-state index is 1.06. The summed E-state index contributed by atoms with van der Waals surface area (Å²) in [6.07, 6.45) is 5.65. The molecule has 0 spiro atoms. The van der Waals surface area contributed by atoms with Gasteiger partial charge >= 0.3 is 0 Å². The van der Waals surface area contributed by atoms with E-state index in [1.165, 1.54) is 22.3 Å². The number of rotatable bonds is 1. The summed E-state index contributed by atoms with van der Waals surface area (Å²) in [5, 5.41) is 0. The van der Waals surface area contributed by atoms with E-state index < -0.39 is 0 Å². The minimum Gasteiger partial charge on any atom is -0.0758 e. The maximum Gasteiger partial charge on any atom is -0.00964 e. The van der Waals surface area contributed by atoms with E-state index in [1.54, 1.807) is 0 Å². The molecule has 0 saturated carbocycles. The third-order valence-electron chi connectivity index (χ3n) is 2.83. The molecule has 0 aliphatic heterocycles. The molecule has 0 saturated heterocycles. The van der Waals surface area contributed by atoms with Crippen LogP contribution in [0.1, 0.15) is 25.8 Å². The average molecular weight is 183 g/mol. The highest BCUT2D eigenvalue weighted by Gasteiger charge is 2.10. The normalized spacial score (nSPS) is 16.9. The van der Waals surface area contributed by atoms with Gasteiger partial charge in [0.1, 0.15) is 0 Å². The van der Waals surface area contributed by atoms with Gasteiger partial charge in [-0.3, -0.25) is 0 Å². The third-order valence-corrected chi connectivity index (χ3v) is 2.83. The van der Waals surface area contributed by atoms with Crippen LogP contribution in [0.15, 0.2) is 47.6 Å². The molecule has 71 valence electrons. The van der Waals surface area contributed by atoms with Gasteiger partial charge < -0.3 is 0 Å². The highest BCUT2D eigenvalue weighted by molar-refractivity contribution is 5.80. The van der Waals surface area contributed by atoms with Crippen molar-refractivity contribution in [2.24, 2.45) is 0 Å². The van der Waals surface area contributed by atoms with Crippen molar-refractivity contribution in [3.05, 3.63) is 59.5 Å². The molecule has 0 nitrogen and oxygen atoms in total. The molecule has 0 fully saturated rings. The zero-order chi connectivity index (χ0) is 9.97. The Balaban J connectivity index is 2.41. The number of hydrogen-bond donors (Lipinski definition) is 0. The molecular weight excluding hydrogens is 168 g/mol. The summed E-state index contributed by atoms with van der Waals surface area (Å²) >= 11 is 0. The number of benzene rings is 1. The Bertz CT molecular complexity index is 380. The molecule has 2 rings (SSSR count). The van der Waals surface area contributed by atoms with Gasteiger partial charge in [0.05, 0.1) is 0 Å². The molecule has 14 heavy (non-hydrogen) atoms. The molecule has 0 N–H and O–H groups in total. The summed E-state index contributed by atoms with van der Waals surface area (Å²) in [4.78, 5) is 0. The van der Waals surface area contributed by atoms with E-state index in [0.717, 1.165) is 6.42 Å². The Morgan fingerprint density at radius 2 is 1.71 bits per heavy atom. The highest BCUT2D eigenvalue weighted by Crippen LogP contribution is 2.30. The summed E-state index contributed by atoms with van der Waals surface area (Å²) < 4.78 is 0. The maximum absolute atomic E-state index is 2.30. The SMILES string of the molecule is CC1=C(C)C(c2ccccc2)=CC[CH]1. The number of hydrogen-bond acceptors (Lipinski definition) is 0. The lowest BCUT2D eigenvalue weighted by Gasteiger charge is -2.16. The molecule has 1 aliphatic rings. The lowest BCUT2D eigenvalue weighted by molar-refractivity contribution is 1.14. The molecule has 0 atom stereocenters. The second kappa shape index (κ2) is 3.83.